The number of benzene rings is 2. The molecule has 0 saturated carbocycles. The molecule has 132 valence electrons. The topological polar surface area (TPSA) is 100 Å². The van der Waals surface area contributed by atoms with Crippen LogP contribution in [-0.4, -0.2) is 36.1 Å². The van der Waals surface area contributed by atoms with E-state index in [0.29, 0.717) is 32.8 Å². The highest BCUT2D eigenvalue weighted by Crippen LogP contribution is 2.31. The Kier molecular flexibility index (Phi) is 5.87. The van der Waals surface area contributed by atoms with Crippen molar-refractivity contribution >= 4 is 27.5 Å². The van der Waals surface area contributed by atoms with E-state index in [1.807, 2.05) is 0 Å². The first-order chi connectivity index (χ1) is 11.8. The molecule has 2 aromatic rings. The average Bonchev–Trinajstić information content (AvgIpc) is 2.61. The smallest absolute Gasteiger partial charge is 0.271 e. The second-order valence-corrected chi connectivity index (χ2v) is 5.91. The molecule has 0 aliphatic rings. The van der Waals surface area contributed by atoms with Crippen molar-refractivity contribution in [3.05, 3.63) is 45.9 Å². The quantitative estimate of drug-likeness (QED) is 0.521. The summed E-state index contributed by atoms with van der Waals surface area (Å²) in [5.74, 6) is 0.241. The Morgan fingerprint density at radius 1 is 1.04 bits per heavy atom. The number of hydrogen-bond acceptors (Lipinski definition) is 6. The molecule has 7 nitrogen and oxygen atoms in total. The van der Waals surface area contributed by atoms with Gasteiger partial charge < -0.3 is 19.7 Å². The minimum absolute atomic E-state index is 0.0958. The fraction of sp³-hybridized carbons (Fsp3) is 0.176. The second kappa shape index (κ2) is 7.89. The van der Waals surface area contributed by atoms with Crippen LogP contribution in [0.1, 0.15) is 22.8 Å². The molecule has 0 heterocycles. The summed E-state index contributed by atoms with van der Waals surface area (Å²) in [7, 11) is 2.98. The van der Waals surface area contributed by atoms with E-state index in [9.17, 15) is 15.0 Å². The standard InChI is InChI=1S/C17H17BrN2O5/c1-9(13-7-14(18)16(22)8-15(13)21)19-20-17(23)10-4-11(24-2)6-12(5-10)25-3/h4-8,21-22H,1-3H3,(H,20,23)/b19-9-. The Hall–Kier alpha value is -2.74. The van der Waals surface area contributed by atoms with Gasteiger partial charge in [-0.15, -0.1) is 0 Å². The summed E-state index contributed by atoms with van der Waals surface area (Å²) < 4.78 is 10.7. The number of methoxy groups -OCH3 is 2. The number of nitrogens with zero attached hydrogens (tertiary/aromatic N) is 1. The molecule has 25 heavy (non-hydrogen) atoms. The molecule has 3 N–H and O–H groups in total. The minimum atomic E-state index is -0.464. The van der Waals surface area contributed by atoms with Crippen LogP contribution in [0.3, 0.4) is 0 Å². The monoisotopic (exact) mass is 408 g/mol. The zero-order valence-electron chi connectivity index (χ0n) is 13.8. The van der Waals surface area contributed by atoms with E-state index < -0.39 is 5.91 Å². The first-order valence-electron chi connectivity index (χ1n) is 7.15. The number of hydrogen-bond donors (Lipinski definition) is 3. The van der Waals surface area contributed by atoms with Crippen LogP contribution in [0.15, 0.2) is 39.9 Å². The molecular weight excluding hydrogens is 392 g/mol. The van der Waals surface area contributed by atoms with Crippen LogP contribution in [0.25, 0.3) is 0 Å². The number of rotatable bonds is 5. The number of aromatic hydroxyl groups is 2. The van der Waals surface area contributed by atoms with Crippen LogP contribution in [0.2, 0.25) is 0 Å². The molecule has 0 aliphatic carbocycles. The van der Waals surface area contributed by atoms with Gasteiger partial charge in [-0.3, -0.25) is 4.79 Å². The summed E-state index contributed by atoms with van der Waals surface area (Å²) in [6.07, 6.45) is 0. The summed E-state index contributed by atoms with van der Waals surface area (Å²) in [6.45, 7) is 1.62. The lowest BCUT2D eigenvalue weighted by Crippen LogP contribution is -2.19. The fourth-order valence-electron chi connectivity index (χ4n) is 2.04. The fourth-order valence-corrected chi connectivity index (χ4v) is 2.38. The van der Waals surface area contributed by atoms with E-state index >= 15 is 0 Å². The minimum Gasteiger partial charge on any atom is -0.507 e. The molecular formula is C17H17BrN2O5. The first kappa shape index (κ1) is 18.6. The SMILES string of the molecule is COc1cc(OC)cc(C(=O)N/N=C(/C)c2cc(Br)c(O)cc2O)c1. The molecule has 1 amide bonds. The van der Waals surface area contributed by atoms with Crippen molar-refractivity contribution in [2.45, 2.75) is 6.92 Å². The van der Waals surface area contributed by atoms with Gasteiger partial charge in [0.2, 0.25) is 0 Å². The molecule has 2 aromatic carbocycles. The maximum absolute atomic E-state index is 12.3. The molecule has 0 unspecified atom stereocenters. The van der Waals surface area contributed by atoms with E-state index in [-0.39, 0.29) is 11.5 Å². The lowest BCUT2D eigenvalue weighted by Gasteiger charge is -2.09. The molecule has 0 radical (unpaired) electrons. The number of phenols is 2. The van der Waals surface area contributed by atoms with Crippen molar-refractivity contribution < 1.29 is 24.5 Å². The van der Waals surface area contributed by atoms with Gasteiger partial charge >= 0.3 is 0 Å². The van der Waals surface area contributed by atoms with Gasteiger partial charge in [0.05, 0.1) is 24.4 Å². The van der Waals surface area contributed by atoms with Crippen LogP contribution in [-0.2, 0) is 0 Å². The maximum Gasteiger partial charge on any atom is 0.271 e. The van der Waals surface area contributed by atoms with Gasteiger partial charge in [0, 0.05) is 23.3 Å². The Morgan fingerprint density at radius 2 is 1.64 bits per heavy atom. The third-order valence-electron chi connectivity index (χ3n) is 3.39. The number of carbonyl (C=O) groups is 1. The van der Waals surface area contributed by atoms with Crippen molar-refractivity contribution in [3.8, 4) is 23.0 Å². The van der Waals surface area contributed by atoms with E-state index in [1.54, 1.807) is 25.1 Å². The number of phenolic OH excluding ortho intramolecular Hbond substituents is 2. The Morgan fingerprint density at radius 3 is 2.20 bits per heavy atom. The van der Waals surface area contributed by atoms with Crippen LogP contribution >= 0.6 is 15.9 Å². The molecule has 2 rings (SSSR count). The predicted octanol–water partition coefficient (Wildman–Crippen LogP) is 3.03. The second-order valence-electron chi connectivity index (χ2n) is 5.06. The van der Waals surface area contributed by atoms with Crippen molar-refractivity contribution in [3.63, 3.8) is 0 Å². The highest BCUT2D eigenvalue weighted by molar-refractivity contribution is 9.10. The number of ether oxygens (including phenoxy) is 2. The largest absolute Gasteiger partial charge is 0.507 e. The normalized spacial score (nSPS) is 11.1. The van der Waals surface area contributed by atoms with E-state index in [1.165, 1.54) is 26.4 Å². The molecule has 0 aromatic heterocycles. The average molecular weight is 409 g/mol. The van der Waals surface area contributed by atoms with Crippen molar-refractivity contribution in [2.75, 3.05) is 14.2 Å². The third-order valence-corrected chi connectivity index (χ3v) is 4.03. The lowest BCUT2D eigenvalue weighted by molar-refractivity contribution is 0.0954. The number of amides is 1. The zero-order chi connectivity index (χ0) is 18.6. The van der Waals surface area contributed by atoms with Gasteiger partial charge in [0.25, 0.3) is 5.91 Å². The number of nitrogens with one attached hydrogen (secondary N) is 1. The van der Waals surface area contributed by atoms with Crippen molar-refractivity contribution in [2.24, 2.45) is 5.10 Å². The Balaban J connectivity index is 2.24. The number of carbonyl (C=O) groups excluding carboxylic acids is 1. The lowest BCUT2D eigenvalue weighted by atomic mass is 10.1. The summed E-state index contributed by atoms with van der Waals surface area (Å²) >= 11 is 3.17. The van der Waals surface area contributed by atoms with Gasteiger partial charge in [-0.2, -0.15) is 5.10 Å². The summed E-state index contributed by atoms with van der Waals surface area (Å²) in [6, 6.07) is 7.45. The van der Waals surface area contributed by atoms with E-state index in [4.69, 9.17) is 9.47 Å². The summed E-state index contributed by atoms with van der Waals surface area (Å²) in [4.78, 5) is 12.3. The van der Waals surface area contributed by atoms with E-state index in [2.05, 4.69) is 26.5 Å². The molecule has 0 atom stereocenters. The molecule has 0 aliphatic heterocycles. The van der Waals surface area contributed by atoms with Crippen LogP contribution in [0, 0.1) is 0 Å². The molecule has 8 heteroatoms. The molecule has 0 saturated heterocycles. The molecule has 0 spiro atoms. The Labute approximate surface area is 153 Å². The maximum atomic E-state index is 12.3. The molecule has 0 fully saturated rings. The molecule has 0 bridgehead atoms. The predicted molar refractivity (Wildman–Crippen MR) is 96.7 cm³/mol. The van der Waals surface area contributed by atoms with Crippen molar-refractivity contribution in [1.82, 2.24) is 5.43 Å². The zero-order valence-corrected chi connectivity index (χ0v) is 15.4. The highest BCUT2D eigenvalue weighted by Gasteiger charge is 2.12. The van der Waals surface area contributed by atoms with Gasteiger partial charge in [-0.25, -0.2) is 5.43 Å². The summed E-state index contributed by atoms with van der Waals surface area (Å²) in [5.41, 5.74) is 3.45. The van der Waals surface area contributed by atoms with Gasteiger partial charge in [0.1, 0.15) is 23.0 Å². The third kappa shape index (κ3) is 4.42. The van der Waals surface area contributed by atoms with Gasteiger partial charge in [-0.05, 0) is 41.1 Å². The van der Waals surface area contributed by atoms with Crippen LogP contribution in [0.5, 0.6) is 23.0 Å². The van der Waals surface area contributed by atoms with Crippen LogP contribution < -0.4 is 14.9 Å². The van der Waals surface area contributed by atoms with Gasteiger partial charge in [0.15, 0.2) is 0 Å². The van der Waals surface area contributed by atoms with Crippen LogP contribution in [0.4, 0.5) is 0 Å². The first-order valence-corrected chi connectivity index (χ1v) is 7.94. The summed E-state index contributed by atoms with van der Waals surface area (Å²) in [5, 5.41) is 23.4. The highest BCUT2D eigenvalue weighted by atomic mass is 79.9. The van der Waals surface area contributed by atoms with Gasteiger partial charge in [-0.1, -0.05) is 0 Å². The Bertz CT molecular complexity index is 814. The number of hydrazone groups is 1. The van der Waals surface area contributed by atoms with Crippen molar-refractivity contribution in [1.29, 1.82) is 0 Å². The van der Waals surface area contributed by atoms with E-state index in [0.717, 1.165) is 0 Å². The number of halogens is 1.